The van der Waals surface area contributed by atoms with Gasteiger partial charge in [-0.3, -0.25) is 4.79 Å². The standard InChI is InChI=1S/C15H20FNO/c16-14-7-3-6-12(10-14)8-9-15(18)17-11-13-4-1-2-5-13/h3,6-7,10,13H,1-2,4-5,8-9,11H2,(H,17,18). The Morgan fingerprint density at radius 2 is 2.11 bits per heavy atom. The van der Waals surface area contributed by atoms with Gasteiger partial charge in [-0.15, -0.1) is 0 Å². The Bertz CT molecular complexity index is 399. The number of rotatable bonds is 5. The molecule has 0 saturated heterocycles. The Hall–Kier alpha value is -1.38. The first kappa shape index (κ1) is 13.1. The van der Waals surface area contributed by atoms with Crippen LogP contribution in [0.3, 0.4) is 0 Å². The molecule has 0 aromatic heterocycles. The van der Waals surface area contributed by atoms with Crippen LogP contribution in [-0.2, 0) is 11.2 Å². The van der Waals surface area contributed by atoms with Crippen molar-refractivity contribution < 1.29 is 9.18 Å². The third-order valence-corrected chi connectivity index (χ3v) is 3.59. The molecule has 1 N–H and O–H groups in total. The van der Waals surface area contributed by atoms with Gasteiger partial charge in [0, 0.05) is 13.0 Å². The lowest BCUT2D eigenvalue weighted by molar-refractivity contribution is -0.121. The van der Waals surface area contributed by atoms with E-state index in [-0.39, 0.29) is 11.7 Å². The third-order valence-electron chi connectivity index (χ3n) is 3.59. The summed E-state index contributed by atoms with van der Waals surface area (Å²) in [5.74, 6) is 0.508. The molecule has 3 heteroatoms. The van der Waals surface area contributed by atoms with Gasteiger partial charge in [-0.25, -0.2) is 4.39 Å². The normalized spacial score (nSPS) is 15.8. The molecule has 1 saturated carbocycles. The van der Waals surface area contributed by atoms with E-state index in [0.29, 0.717) is 18.8 Å². The van der Waals surface area contributed by atoms with Crippen LogP contribution in [0.5, 0.6) is 0 Å². The monoisotopic (exact) mass is 249 g/mol. The van der Waals surface area contributed by atoms with E-state index in [1.807, 2.05) is 6.07 Å². The maximum atomic E-state index is 12.9. The largest absolute Gasteiger partial charge is 0.356 e. The summed E-state index contributed by atoms with van der Waals surface area (Å²) in [5, 5.41) is 2.98. The van der Waals surface area contributed by atoms with Gasteiger partial charge in [-0.1, -0.05) is 25.0 Å². The highest BCUT2D eigenvalue weighted by molar-refractivity contribution is 5.76. The average Bonchev–Trinajstić information content (AvgIpc) is 2.87. The second-order valence-corrected chi connectivity index (χ2v) is 5.08. The summed E-state index contributed by atoms with van der Waals surface area (Å²) in [4.78, 5) is 11.7. The van der Waals surface area contributed by atoms with Gasteiger partial charge in [0.15, 0.2) is 0 Å². The van der Waals surface area contributed by atoms with Gasteiger partial charge in [0.1, 0.15) is 5.82 Å². The number of amides is 1. The fraction of sp³-hybridized carbons (Fsp3) is 0.533. The first-order valence-corrected chi connectivity index (χ1v) is 6.75. The highest BCUT2D eigenvalue weighted by Crippen LogP contribution is 2.23. The van der Waals surface area contributed by atoms with Crippen LogP contribution in [0.2, 0.25) is 0 Å². The fourth-order valence-electron chi connectivity index (χ4n) is 2.51. The Labute approximate surface area is 108 Å². The number of benzene rings is 1. The van der Waals surface area contributed by atoms with Crippen molar-refractivity contribution in [3.63, 3.8) is 0 Å². The zero-order chi connectivity index (χ0) is 12.8. The molecule has 0 unspecified atom stereocenters. The fourth-order valence-corrected chi connectivity index (χ4v) is 2.51. The quantitative estimate of drug-likeness (QED) is 0.853. The van der Waals surface area contributed by atoms with Crippen LogP contribution in [0.15, 0.2) is 24.3 Å². The van der Waals surface area contributed by atoms with Crippen LogP contribution in [0.25, 0.3) is 0 Å². The molecule has 0 aliphatic heterocycles. The summed E-state index contributed by atoms with van der Waals surface area (Å²) in [6.07, 6.45) is 6.12. The van der Waals surface area contributed by atoms with E-state index in [0.717, 1.165) is 12.1 Å². The minimum absolute atomic E-state index is 0.0751. The van der Waals surface area contributed by atoms with Crippen LogP contribution >= 0.6 is 0 Å². The Morgan fingerprint density at radius 1 is 1.33 bits per heavy atom. The predicted octanol–water partition coefficient (Wildman–Crippen LogP) is 3.06. The van der Waals surface area contributed by atoms with Crippen LogP contribution in [0, 0.1) is 11.7 Å². The molecule has 1 aromatic carbocycles. The van der Waals surface area contributed by atoms with Crippen LogP contribution < -0.4 is 5.32 Å². The Balaban J connectivity index is 1.68. The lowest BCUT2D eigenvalue weighted by Crippen LogP contribution is -2.28. The van der Waals surface area contributed by atoms with Crippen molar-refractivity contribution in [3.05, 3.63) is 35.6 Å². The number of nitrogens with one attached hydrogen (secondary N) is 1. The van der Waals surface area contributed by atoms with E-state index in [1.54, 1.807) is 6.07 Å². The molecule has 0 spiro atoms. The molecular formula is C15H20FNO. The number of halogens is 1. The molecule has 0 atom stereocenters. The van der Waals surface area contributed by atoms with E-state index in [4.69, 9.17) is 0 Å². The van der Waals surface area contributed by atoms with Crippen molar-refractivity contribution in [1.82, 2.24) is 5.32 Å². The highest BCUT2D eigenvalue weighted by Gasteiger charge is 2.15. The highest BCUT2D eigenvalue weighted by atomic mass is 19.1. The Morgan fingerprint density at radius 3 is 2.83 bits per heavy atom. The van der Waals surface area contributed by atoms with Crippen LogP contribution in [0.1, 0.15) is 37.7 Å². The van der Waals surface area contributed by atoms with Gasteiger partial charge >= 0.3 is 0 Å². The molecule has 1 aliphatic rings. The molecule has 2 rings (SSSR count). The number of hydrogen-bond donors (Lipinski definition) is 1. The van der Waals surface area contributed by atoms with E-state index in [9.17, 15) is 9.18 Å². The lowest BCUT2D eigenvalue weighted by atomic mass is 10.1. The van der Waals surface area contributed by atoms with Crippen LogP contribution in [-0.4, -0.2) is 12.5 Å². The van der Waals surface area contributed by atoms with Crippen molar-refractivity contribution in [2.45, 2.75) is 38.5 Å². The number of carbonyl (C=O) groups excluding carboxylic acids is 1. The van der Waals surface area contributed by atoms with Crippen molar-refractivity contribution in [3.8, 4) is 0 Å². The first-order chi connectivity index (χ1) is 8.74. The second kappa shape index (κ2) is 6.53. The summed E-state index contributed by atoms with van der Waals surface area (Å²) in [6.45, 7) is 0.808. The predicted molar refractivity (Wildman–Crippen MR) is 69.7 cm³/mol. The average molecular weight is 249 g/mol. The van der Waals surface area contributed by atoms with E-state index in [1.165, 1.54) is 37.8 Å². The molecule has 1 amide bonds. The smallest absolute Gasteiger partial charge is 0.220 e. The first-order valence-electron chi connectivity index (χ1n) is 6.75. The second-order valence-electron chi connectivity index (χ2n) is 5.08. The minimum atomic E-state index is -0.237. The molecular weight excluding hydrogens is 229 g/mol. The zero-order valence-electron chi connectivity index (χ0n) is 10.6. The lowest BCUT2D eigenvalue weighted by Gasteiger charge is -2.10. The maximum absolute atomic E-state index is 12.9. The summed E-state index contributed by atoms with van der Waals surface area (Å²) < 4.78 is 12.9. The zero-order valence-corrected chi connectivity index (χ0v) is 10.6. The van der Waals surface area contributed by atoms with Crippen molar-refractivity contribution in [2.75, 3.05) is 6.54 Å². The summed E-state index contributed by atoms with van der Waals surface area (Å²) in [7, 11) is 0. The Kier molecular flexibility index (Phi) is 4.73. The molecule has 2 nitrogen and oxygen atoms in total. The van der Waals surface area contributed by atoms with Gasteiger partial charge < -0.3 is 5.32 Å². The van der Waals surface area contributed by atoms with Gasteiger partial charge in [0.05, 0.1) is 0 Å². The van der Waals surface area contributed by atoms with Crippen molar-refractivity contribution in [1.29, 1.82) is 0 Å². The van der Waals surface area contributed by atoms with E-state index >= 15 is 0 Å². The molecule has 0 bridgehead atoms. The summed E-state index contributed by atoms with van der Waals surface area (Å²) >= 11 is 0. The van der Waals surface area contributed by atoms with Gasteiger partial charge in [0.2, 0.25) is 5.91 Å². The van der Waals surface area contributed by atoms with Crippen LogP contribution in [0.4, 0.5) is 4.39 Å². The van der Waals surface area contributed by atoms with E-state index in [2.05, 4.69) is 5.32 Å². The van der Waals surface area contributed by atoms with Gasteiger partial charge in [-0.05, 0) is 42.9 Å². The van der Waals surface area contributed by atoms with Crippen molar-refractivity contribution in [2.24, 2.45) is 5.92 Å². The minimum Gasteiger partial charge on any atom is -0.356 e. The number of hydrogen-bond acceptors (Lipinski definition) is 1. The molecule has 1 aromatic rings. The molecule has 1 fully saturated rings. The molecule has 0 radical (unpaired) electrons. The van der Waals surface area contributed by atoms with Crippen molar-refractivity contribution >= 4 is 5.91 Å². The van der Waals surface area contributed by atoms with Gasteiger partial charge in [-0.2, -0.15) is 0 Å². The summed E-state index contributed by atoms with van der Waals surface area (Å²) in [6, 6.07) is 6.45. The molecule has 0 heterocycles. The number of aryl methyl sites for hydroxylation is 1. The van der Waals surface area contributed by atoms with E-state index < -0.39 is 0 Å². The topological polar surface area (TPSA) is 29.1 Å². The number of carbonyl (C=O) groups is 1. The SMILES string of the molecule is O=C(CCc1cccc(F)c1)NCC1CCCC1. The molecule has 1 aliphatic carbocycles. The summed E-state index contributed by atoms with van der Waals surface area (Å²) in [5.41, 5.74) is 0.881. The molecule has 18 heavy (non-hydrogen) atoms. The molecule has 98 valence electrons. The maximum Gasteiger partial charge on any atom is 0.220 e. The van der Waals surface area contributed by atoms with Gasteiger partial charge in [0.25, 0.3) is 0 Å². The third kappa shape index (κ3) is 4.13.